The third-order valence-corrected chi connectivity index (χ3v) is 5.12. The van der Waals surface area contributed by atoms with Crippen molar-refractivity contribution < 1.29 is 4.79 Å². The van der Waals surface area contributed by atoms with Gasteiger partial charge in [0.2, 0.25) is 0 Å². The van der Waals surface area contributed by atoms with Gasteiger partial charge in [-0.1, -0.05) is 30.3 Å². The SMILES string of the molecule is CN(C)CCc1ccc(NC(=O)c2c(Br)c3ccccc3n2C)cc1. The van der Waals surface area contributed by atoms with Crippen molar-refractivity contribution in [3.63, 3.8) is 0 Å². The molecule has 4 nitrogen and oxygen atoms in total. The highest BCUT2D eigenvalue weighted by Gasteiger charge is 2.19. The van der Waals surface area contributed by atoms with Gasteiger partial charge >= 0.3 is 0 Å². The van der Waals surface area contributed by atoms with E-state index in [4.69, 9.17) is 0 Å². The molecule has 0 aliphatic heterocycles. The fourth-order valence-corrected chi connectivity index (χ4v) is 3.68. The molecule has 0 saturated heterocycles. The van der Waals surface area contributed by atoms with Crippen LogP contribution in [0, 0.1) is 0 Å². The molecule has 3 aromatic rings. The van der Waals surface area contributed by atoms with Crippen LogP contribution in [0.25, 0.3) is 10.9 Å². The van der Waals surface area contributed by atoms with Crippen LogP contribution < -0.4 is 5.32 Å². The molecular weight excluding hydrogens is 378 g/mol. The number of amides is 1. The van der Waals surface area contributed by atoms with Crippen molar-refractivity contribution in [3.8, 4) is 0 Å². The van der Waals surface area contributed by atoms with Crippen LogP contribution in [0.5, 0.6) is 0 Å². The molecule has 2 aromatic carbocycles. The van der Waals surface area contributed by atoms with Crippen molar-refractivity contribution >= 4 is 38.4 Å². The molecule has 0 atom stereocenters. The Morgan fingerprint density at radius 3 is 2.44 bits per heavy atom. The Balaban J connectivity index is 1.79. The lowest BCUT2D eigenvalue weighted by molar-refractivity contribution is 0.101. The van der Waals surface area contributed by atoms with Gasteiger partial charge in [-0.25, -0.2) is 0 Å². The number of nitrogens with zero attached hydrogens (tertiary/aromatic N) is 2. The average molecular weight is 400 g/mol. The zero-order chi connectivity index (χ0) is 18.0. The number of halogens is 1. The normalized spacial score (nSPS) is 11.2. The van der Waals surface area contributed by atoms with Crippen molar-refractivity contribution in [1.29, 1.82) is 0 Å². The van der Waals surface area contributed by atoms with Crippen molar-refractivity contribution in [2.45, 2.75) is 6.42 Å². The van der Waals surface area contributed by atoms with Gasteiger partial charge in [-0.05, 0) is 60.2 Å². The minimum absolute atomic E-state index is 0.119. The summed E-state index contributed by atoms with van der Waals surface area (Å²) in [5, 5.41) is 4.03. The molecule has 0 radical (unpaired) electrons. The van der Waals surface area contributed by atoms with Gasteiger partial charge in [0.05, 0.1) is 4.47 Å². The molecule has 130 valence electrons. The second-order valence-electron chi connectivity index (χ2n) is 6.44. The molecule has 25 heavy (non-hydrogen) atoms. The summed E-state index contributed by atoms with van der Waals surface area (Å²) in [5.74, 6) is -0.119. The van der Waals surface area contributed by atoms with Crippen LogP contribution in [0.4, 0.5) is 5.69 Å². The molecule has 0 saturated carbocycles. The molecule has 0 aliphatic rings. The number of para-hydroxylation sites is 1. The second-order valence-corrected chi connectivity index (χ2v) is 7.24. The van der Waals surface area contributed by atoms with E-state index in [1.54, 1.807) is 0 Å². The zero-order valence-electron chi connectivity index (χ0n) is 14.7. The van der Waals surface area contributed by atoms with E-state index in [2.05, 4.69) is 52.4 Å². The summed E-state index contributed by atoms with van der Waals surface area (Å²) in [4.78, 5) is 14.9. The summed E-state index contributed by atoms with van der Waals surface area (Å²) in [6, 6.07) is 16.0. The summed E-state index contributed by atoms with van der Waals surface area (Å²) in [7, 11) is 6.04. The lowest BCUT2D eigenvalue weighted by Crippen LogP contribution is -2.16. The largest absolute Gasteiger partial charge is 0.339 e. The van der Waals surface area contributed by atoms with E-state index in [1.807, 2.05) is 48.0 Å². The Morgan fingerprint density at radius 2 is 1.80 bits per heavy atom. The maximum atomic E-state index is 12.8. The molecule has 0 fully saturated rings. The molecular formula is C20H22BrN3O. The minimum Gasteiger partial charge on any atom is -0.339 e. The molecule has 1 aromatic heterocycles. The summed E-state index contributed by atoms with van der Waals surface area (Å²) in [5.41, 5.74) is 3.71. The van der Waals surface area contributed by atoms with Gasteiger partial charge in [0, 0.05) is 30.2 Å². The molecule has 0 aliphatic carbocycles. The number of aromatic nitrogens is 1. The Labute approximate surface area is 156 Å². The Hall–Kier alpha value is -2.11. The number of carbonyl (C=O) groups is 1. The fraction of sp³-hybridized carbons (Fsp3) is 0.250. The van der Waals surface area contributed by atoms with Crippen molar-refractivity contribution in [2.75, 3.05) is 26.0 Å². The summed E-state index contributed by atoms with van der Waals surface area (Å²) in [6.45, 7) is 1.01. The maximum Gasteiger partial charge on any atom is 0.273 e. The Morgan fingerprint density at radius 1 is 1.12 bits per heavy atom. The second kappa shape index (κ2) is 7.42. The van der Waals surface area contributed by atoms with Gasteiger partial charge in [-0.15, -0.1) is 0 Å². The molecule has 0 bridgehead atoms. The van der Waals surface area contributed by atoms with Crippen LogP contribution in [0.2, 0.25) is 0 Å². The number of carbonyl (C=O) groups excluding carboxylic acids is 1. The summed E-state index contributed by atoms with van der Waals surface area (Å²) in [6.07, 6.45) is 0.996. The van der Waals surface area contributed by atoms with E-state index in [-0.39, 0.29) is 5.91 Å². The van der Waals surface area contributed by atoms with Crippen LogP contribution in [-0.2, 0) is 13.5 Å². The number of aryl methyl sites for hydroxylation is 1. The van der Waals surface area contributed by atoms with E-state index < -0.39 is 0 Å². The Bertz CT molecular complexity index is 858. The predicted molar refractivity (Wildman–Crippen MR) is 107 cm³/mol. The number of hydrogen-bond donors (Lipinski definition) is 1. The topological polar surface area (TPSA) is 37.3 Å². The molecule has 1 amide bonds. The van der Waals surface area contributed by atoms with Gasteiger partial charge in [0.1, 0.15) is 5.69 Å². The zero-order valence-corrected chi connectivity index (χ0v) is 16.3. The van der Waals surface area contributed by atoms with E-state index in [9.17, 15) is 4.79 Å². The average Bonchev–Trinajstić information content (AvgIpc) is 2.86. The number of likely N-dealkylation sites (N-methyl/N-ethyl adjacent to an activating group) is 1. The van der Waals surface area contributed by atoms with Crippen LogP contribution in [0.15, 0.2) is 53.0 Å². The number of anilines is 1. The summed E-state index contributed by atoms with van der Waals surface area (Å²) < 4.78 is 2.74. The minimum atomic E-state index is -0.119. The molecule has 3 rings (SSSR count). The molecule has 0 unspecified atom stereocenters. The third-order valence-electron chi connectivity index (χ3n) is 4.32. The molecule has 1 N–H and O–H groups in total. The van der Waals surface area contributed by atoms with Gasteiger partial charge < -0.3 is 14.8 Å². The highest BCUT2D eigenvalue weighted by atomic mass is 79.9. The lowest BCUT2D eigenvalue weighted by Gasteiger charge is -2.10. The Kier molecular flexibility index (Phi) is 5.25. The smallest absolute Gasteiger partial charge is 0.273 e. The van der Waals surface area contributed by atoms with Gasteiger partial charge in [-0.3, -0.25) is 4.79 Å². The van der Waals surface area contributed by atoms with Crippen LogP contribution in [0.1, 0.15) is 16.1 Å². The predicted octanol–water partition coefficient (Wildman–Crippen LogP) is 4.30. The lowest BCUT2D eigenvalue weighted by atomic mass is 10.1. The van der Waals surface area contributed by atoms with Crippen molar-refractivity contribution in [2.24, 2.45) is 7.05 Å². The number of hydrogen-bond acceptors (Lipinski definition) is 2. The van der Waals surface area contributed by atoms with E-state index in [1.165, 1.54) is 5.56 Å². The van der Waals surface area contributed by atoms with E-state index in [0.717, 1.165) is 34.0 Å². The highest BCUT2D eigenvalue weighted by Crippen LogP contribution is 2.30. The van der Waals surface area contributed by atoms with Gasteiger partial charge in [0.15, 0.2) is 0 Å². The maximum absolute atomic E-state index is 12.8. The number of fused-ring (bicyclic) bond motifs is 1. The molecule has 5 heteroatoms. The first-order valence-corrected chi connectivity index (χ1v) is 9.04. The number of rotatable bonds is 5. The van der Waals surface area contributed by atoms with Gasteiger partial charge in [-0.2, -0.15) is 0 Å². The molecule has 0 spiro atoms. The van der Waals surface area contributed by atoms with Crippen molar-refractivity contribution in [3.05, 3.63) is 64.3 Å². The first-order chi connectivity index (χ1) is 12.0. The highest BCUT2D eigenvalue weighted by molar-refractivity contribution is 9.10. The first kappa shape index (κ1) is 17.7. The van der Waals surface area contributed by atoms with E-state index in [0.29, 0.717) is 5.69 Å². The summed E-state index contributed by atoms with van der Waals surface area (Å²) >= 11 is 3.58. The number of nitrogens with one attached hydrogen (secondary N) is 1. The fourth-order valence-electron chi connectivity index (χ4n) is 2.90. The standard InChI is InChI=1S/C20H22BrN3O/c1-23(2)13-12-14-8-10-15(11-9-14)22-20(25)19-18(21)16-6-4-5-7-17(16)24(19)3/h4-11H,12-13H2,1-3H3,(H,22,25). The van der Waals surface area contributed by atoms with Crippen LogP contribution in [0.3, 0.4) is 0 Å². The van der Waals surface area contributed by atoms with Crippen LogP contribution >= 0.6 is 15.9 Å². The van der Waals surface area contributed by atoms with E-state index >= 15 is 0 Å². The van der Waals surface area contributed by atoms with Gasteiger partial charge in [0.25, 0.3) is 5.91 Å². The number of benzene rings is 2. The third kappa shape index (κ3) is 3.78. The first-order valence-electron chi connectivity index (χ1n) is 8.25. The van der Waals surface area contributed by atoms with Crippen LogP contribution in [-0.4, -0.2) is 36.0 Å². The molecule has 1 heterocycles. The van der Waals surface area contributed by atoms with Crippen molar-refractivity contribution in [1.82, 2.24) is 9.47 Å². The monoisotopic (exact) mass is 399 g/mol. The quantitative estimate of drug-likeness (QED) is 0.694.